The number of amides is 1. The van der Waals surface area contributed by atoms with Gasteiger partial charge in [0.2, 0.25) is 5.91 Å². The topological polar surface area (TPSA) is 82.1 Å². The molecule has 0 saturated heterocycles. The molecule has 3 aromatic heterocycles. The van der Waals surface area contributed by atoms with E-state index in [9.17, 15) is 4.79 Å². The molecule has 0 radical (unpaired) electrons. The molecule has 0 spiro atoms. The predicted molar refractivity (Wildman–Crippen MR) is 169 cm³/mol. The summed E-state index contributed by atoms with van der Waals surface area (Å²) >= 11 is 0. The number of anilines is 2. The van der Waals surface area contributed by atoms with Crippen LogP contribution < -0.4 is 10.2 Å². The van der Waals surface area contributed by atoms with E-state index in [-0.39, 0.29) is 5.91 Å². The Hall–Kier alpha value is -4.69. The molecule has 210 valence electrons. The van der Waals surface area contributed by atoms with Crippen LogP contribution in [0.5, 0.6) is 0 Å². The van der Waals surface area contributed by atoms with Crippen molar-refractivity contribution in [3.05, 3.63) is 84.8 Å². The lowest BCUT2D eigenvalue weighted by molar-refractivity contribution is -0.111. The first-order chi connectivity index (χ1) is 19.6. The highest BCUT2D eigenvalue weighted by atomic mass is 16.1. The standard InChI is InChI=1S/C33H37N7O/c1-8-30(41)35-29-18-24(10-9-21(29)2)31-27-17-25(28-20-40(7)37-22(28)3)19-34-33(27)36-32(31)23-11-13-26(14-12-23)39(6)16-15-38(4)5/h8-14,17-20H,1,15-16H2,2-7H3,(H,34,36)(H,35,41). The summed E-state index contributed by atoms with van der Waals surface area (Å²) in [6, 6.07) is 16.9. The molecule has 2 N–H and O–H groups in total. The first kappa shape index (κ1) is 27.9. The normalized spacial score (nSPS) is 11.3. The van der Waals surface area contributed by atoms with Crippen LogP contribution in [0.1, 0.15) is 11.3 Å². The fourth-order valence-corrected chi connectivity index (χ4v) is 5.07. The number of fused-ring (bicyclic) bond motifs is 1. The van der Waals surface area contributed by atoms with Gasteiger partial charge in [-0.05, 0) is 75.0 Å². The van der Waals surface area contributed by atoms with Crippen molar-refractivity contribution < 1.29 is 4.79 Å². The van der Waals surface area contributed by atoms with Crippen molar-refractivity contribution >= 4 is 28.3 Å². The second kappa shape index (κ2) is 11.4. The molecule has 0 aliphatic carbocycles. The SMILES string of the molecule is C=CC(=O)Nc1cc(-c2c(-c3ccc(N(C)CCN(C)C)cc3)[nH]c3ncc(-c4cn(C)nc4C)cc23)ccc1C. The number of aromatic amines is 1. The molecule has 5 rings (SSSR count). The van der Waals surface area contributed by atoms with Crippen molar-refractivity contribution in [3.63, 3.8) is 0 Å². The van der Waals surface area contributed by atoms with E-state index in [1.807, 2.05) is 50.1 Å². The van der Waals surface area contributed by atoms with Crippen LogP contribution in [0.15, 0.2) is 73.6 Å². The lowest BCUT2D eigenvalue weighted by Gasteiger charge is -2.21. The van der Waals surface area contributed by atoms with E-state index in [4.69, 9.17) is 4.98 Å². The van der Waals surface area contributed by atoms with Gasteiger partial charge in [0, 0.05) is 73.0 Å². The van der Waals surface area contributed by atoms with Gasteiger partial charge in [-0.15, -0.1) is 0 Å². The highest BCUT2D eigenvalue weighted by molar-refractivity contribution is 6.05. The number of nitrogens with zero attached hydrogens (tertiary/aromatic N) is 5. The van der Waals surface area contributed by atoms with Crippen LogP contribution in [0.4, 0.5) is 11.4 Å². The number of carbonyl (C=O) groups is 1. The summed E-state index contributed by atoms with van der Waals surface area (Å²) in [6.45, 7) is 9.51. The van der Waals surface area contributed by atoms with Crippen molar-refractivity contribution in [1.82, 2.24) is 24.6 Å². The average Bonchev–Trinajstić information content (AvgIpc) is 3.51. The van der Waals surface area contributed by atoms with Gasteiger partial charge in [0.1, 0.15) is 5.65 Å². The van der Waals surface area contributed by atoms with Crippen LogP contribution in [0, 0.1) is 13.8 Å². The van der Waals surface area contributed by atoms with Crippen molar-refractivity contribution in [2.45, 2.75) is 13.8 Å². The maximum absolute atomic E-state index is 12.2. The minimum absolute atomic E-state index is 0.241. The molecular weight excluding hydrogens is 510 g/mol. The molecule has 41 heavy (non-hydrogen) atoms. The fourth-order valence-electron chi connectivity index (χ4n) is 5.07. The van der Waals surface area contributed by atoms with Crippen LogP contribution >= 0.6 is 0 Å². The van der Waals surface area contributed by atoms with Crippen LogP contribution in [0.25, 0.3) is 44.5 Å². The molecule has 0 atom stereocenters. The van der Waals surface area contributed by atoms with Gasteiger partial charge in [-0.25, -0.2) is 4.98 Å². The first-order valence-electron chi connectivity index (χ1n) is 13.7. The Morgan fingerprint density at radius 2 is 1.76 bits per heavy atom. The highest BCUT2D eigenvalue weighted by Gasteiger charge is 2.19. The van der Waals surface area contributed by atoms with E-state index < -0.39 is 0 Å². The number of carbonyl (C=O) groups excluding carboxylic acids is 1. The molecule has 5 aromatic rings. The lowest BCUT2D eigenvalue weighted by atomic mass is 9.96. The van der Waals surface area contributed by atoms with Gasteiger partial charge < -0.3 is 20.1 Å². The molecule has 0 aliphatic heterocycles. The van der Waals surface area contributed by atoms with Crippen molar-refractivity contribution in [1.29, 1.82) is 0 Å². The molecule has 8 heteroatoms. The van der Waals surface area contributed by atoms with Gasteiger partial charge in [-0.2, -0.15) is 5.10 Å². The number of nitrogens with one attached hydrogen (secondary N) is 2. The minimum atomic E-state index is -0.241. The largest absolute Gasteiger partial charge is 0.373 e. The van der Waals surface area contributed by atoms with Gasteiger partial charge in [0.25, 0.3) is 0 Å². The summed E-state index contributed by atoms with van der Waals surface area (Å²) in [5.74, 6) is -0.241. The number of aromatic nitrogens is 4. The molecule has 0 unspecified atom stereocenters. The number of benzene rings is 2. The van der Waals surface area contributed by atoms with Gasteiger partial charge >= 0.3 is 0 Å². The number of H-pyrrole nitrogens is 1. The smallest absolute Gasteiger partial charge is 0.247 e. The zero-order valence-electron chi connectivity index (χ0n) is 24.6. The zero-order chi connectivity index (χ0) is 29.3. The molecular formula is C33H37N7O. The van der Waals surface area contributed by atoms with Gasteiger partial charge in [0.15, 0.2) is 0 Å². The number of hydrogen-bond donors (Lipinski definition) is 2. The summed E-state index contributed by atoms with van der Waals surface area (Å²) in [6.07, 6.45) is 5.20. The van der Waals surface area contributed by atoms with Crippen LogP contribution in [0.3, 0.4) is 0 Å². The Bertz CT molecular complexity index is 1730. The molecule has 0 saturated carbocycles. The maximum Gasteiger partial charge on any atom is 0.247 e. The van der Waals surface area contributed by atoms with Gasteiger partial charge in [-0.3, -0.25) is 9.48 Å². The monoisotopic (exact) mass is 547 g/mol. The zero-order valence-corrected chi connectivity index (χ0v) is 24.6. The molecule has 8 nitrogen and oxygen atoms in total. The summed E-state index contributed by atoms with van der Waals surface area (Å²) < 4.78 is 1.82. The van der Waals surface area contributed by atoms with E-state index in [0.29, 0.717) is 0 Å². The van der Waals surface area contributed by atoms with Crippen LogP contribution in [-0.2, 0) is 11.8 Å². The fraction of sp³-hybridized carbons (Fsp3) is 0.242. The Kier molecular flexibility index (Phi) is 7.77. The summed E-state index contributed by atoms with van der Waals surface area (Å²) in [4.78, 5) is 25.1. The third-order valence-corrected chi connectivity index (χ3v) is 7.42. The lowest BCUT2D eigenvalue weighted by Crippen LogP contribution is -2.28. The Balaban J connectivity index is 1.66. The van der Waals surface area contributed by atoms with Crippen molar-refractivity contribution in [3.8, 4) is 33.5 Å². The second-order valence-electron chi connectivity index (χ2n) is 10.8. The average molecular weight is 548 g/mol. The summed E-state index contributed by atoms with van der Waals surface area (Å²) in [5.41, 5.74) is 10.7. The van der Waals surface area contributed by atoms with Gasteiger partial charge in [0.05, 0.1) is 11.4 Å². The van der Waals surface area contributed by atoms with Crippen LogP contribution in [0.2, 0.25) is 0 Å². The van der Waals surface area contributed by atoms with Gasteiger partial charge in [-0.1, -0.05) is 30.8 Å². The number of rotatable bonds is 9. The maximum atomic E-state index is 12.2. The minimum Gasteiger partial charge on any atom is -0.373 e. The molecule has 0 aliphatic rings. The number of hydrogen-bond acceptors (Lipinski definition) is 5. The third-order valence-electron chi connectivity index (χ3n) is 7.42. The first-order valence-corrected chi connectivity index (χ1v) is 13.7. The van der Waals surface area contributed by atoms with E-state index in [0.717, 1.165) is 80.3 Å². The summed E-state index contributed by atoms with van der Waals surface area (Å²) in [5, 5.41) is 8.48. The Labute approximate surface area is 241 Å². The Morgan fingerprint density at radius 3 is 2.41 bits per heavy atom. The molecule has 2 aromatic carbocycles. The molecule has 1 amide bonds. The number of likely N-dealkylation sites (N-methyl/N-ethyl adjacent to an activating group) is 2. The second-order valence-corrected chi connectivity index (χ2v) is 10.8. The van der Waals surface area contributed by atoms with Crippen LogP contribution in [-0.4, -0.2) is 64.8 Å². The number of aryl methyl sites for hydroxylation is 3. The quantitative estimate of drug-likeness (QED) is 0.220. The van der Waals surface area contributed by atoms with E-state index >= 15 is 0 Å². The van der Waals surface area contributed by atoms with E-state index in [1.54, 1.807) is 0 Å². The highest BCUT2D eigenvalue weighted by Crippen LogP contribution is 2.41. The molecule has 0 bridgehead atoms. The van der Waals surface area contributed by atoms with Crippen molar-refractivity contribution in [2.75, 3.05) is 44.4 Å². The summed E-state index contributed by atoms with van der Waals surface area (Å²) in [7, 11) is 8.21. The van der Waals surface area contributed by atoms with Crippen molar-refractivity contribution in [2.24, 2.45) is 7.05 Å². The molecule has 3 heterocycles. The van der Waals surface area contributed by atoms with E-state index in [1.165, 1.54) is 6.08 Å². The number of pyridine rings is 1. The third kappa shape index (κ3) is 5.78. The molecule has 0 fully saturated rings. The predicted octanol–water partition coefficient (Wildman–Crippen LogP) is 6.04. The van der Waals surface area contributed by atoms with E-state index in [2.05, 4.69) is 89.3 Å². The Morgan fingerprint density at radius 1 is 1.02 bits per heavy atom.